The second-order valence-electron chi connectivity index (χ2n) is 2.72. The van der Waals surface area contributed by atoms with E-state index in [-0.39, 0.29) is 0 Å². The molecule has 1 aliphatic rings. The van der Waals surface area contributed by atoms with E-state index in [1.54, 1.807) is 6.92 Å². The van der Waals surface area contributed by atoms with Gasteiger partial charge >= 0.3 is 6.03 Å². The van der Waals surface area contributed by atoms with Crippen LogP contribution in [0.15, 0.2) is 0 Å². The van der Waals surface area contributed by atoms with E-state index < -0.39 is 20.9 Å². The number of nitrogens with one attached hydrogen (secondary N) is 2. The molecule has 1 atom stereocenters. The van der Waals surface area contributed by atoms with Crippen LogP contribution in [0.3, 0.4) is 0 Å². The number of urea groups is 1. The largest absolute Gasteiger partial charge is 0.356 e. The molecule has 74 valence electrons. The second-order valence-corrected chi connectivity index (χ2v) is 6.16. The summed E-state index contributed by atoms with van der Waals surface area (Å²) in [6.45, 7) is 1.58. The summed E-state index contributed by atoms with van der Waals surface area (Å²) >= 11 is 6.27. The van der Waals surface area contributed by atoms with Gasteiger partial charge in [-0.15, -0.1) is 0 Å². The number of alkyl halides is 2. The molecular formula is C6H8Br2N2O3. The monoisotopic (exact) mass is 314 g/mol. The summed E-state index contributed by atoms with van der Waals surface area (Å²) in [4.78, 5) is 22.3. The lowest BCUT2D eigenvalue weighted by Gasteiger charge is -2.42. The van der Waals surface area contributed by atoms with Gasteiger partial charge in [-0.05, 0) is 6.92 Å². The lowest BCUT2D eigenvalue weighted by Crippen LogP contribution is -2.71. The third-order valence-corrected chi connectivity index (χ3v) is 4.11. The van der Waals surface area contributed by atoms with Gasteiger partial charge in [0.15, 0.2) is 5.72 Å². The minimum atomic E-state index is -1.16. The van der Waals surface area contributed by atoms with Gasteiger partial charge in [-0.3, -0.25) is 10.1 Å². The number of carbonyl (C=O) groups excluding carboxylic acids is 2. The molecule has 0 aromatic rings. The van der Waals surface area contributed by atoms with Crippen molar-refractivity contribution in [1.82, 2.24) is 10.6 Å². The molecule has 1 aliphatic heterocycles. The quantitative estimate of drug-likeness (QED) is 0.699. The van der Waals surface area contributed by atoms with Crippen LogP contribution in [0.4, 0.5) is 4.79 Å². The normalized spacial score (nSPS) is 32.3. The molecule has 1 rings (SSSR count). The summed E-state index contributed by atoms with van der Waals surface area (Å²) in [5.74, 6) is -0.499. The predicted octanol–water partition coefficient (Wildman–Crippen LogP) is 0.675. The maximum absolute atomic E-state index is 11.4. The SMILES string of the molecule is COC1(C)NC(=O)NC(=O)C1(Br)Br. The van der Waals surface area contributed by atoms with Gasteiger partial charge in [-0.1, -0.05) is 31.9 Å². The van der Waals surface area contributed by atoms with Crippen LogP contribution in [0, 0.1) is 0 Å². The fourth-order valence-corrected chi connectivity index (χ4v) is 1.62. The topological polar surface area (TPSA) is 67.4 Å². The van der Waals surface area contributed by atoms with Crippen LogP contribution in [0.1, 0.15) is 6.92 Å². The molecule has 3 amide bonds. The van der Waals surface area contributed by atoms with Gasteiger partial charge in [0.25, 0.3) is 5.91 Å². The Hall–Kier alpha value is -0.140. The zero-order valence-electron chi connectivity index (χ0n) is 6.98. The molecule has 1 heterocycles. The van der Waals surface area contributed by atoms with Gasteiger partial charge < -0.3 is 10.1 Å². The van der Waals surface area contributed by atoms with E-state index in [2.05, 4.69) is 42.5 Å². The van der Waals surface area contributed by atoms with E-state index in [0.29, 0.717) is 0 Å². The third kappa shape index (κ3) is 1.60. The van der Waals surface area contributed by atoms with Crippen molar-refractivity contribution >= 4 is 43.8 Å². The highest BCUT2D eigenvalue weighted by molar-refractivity contribution is 9.26. The van der Waals surface area contributed by atoms with Crippen LogP contribution >= 0.6 is 31.9 Å². The maximum Gasteiger partial charge on any atom is 0.323 e. The van der Waals surface area contributed by atoms with E-state index >= 15 is 0 Å². The van der Waals surface area contributed by atoms with E-state index in [1.165, 1.54) is 7.11 Å². The number of ether oxygens (including phenoxy) is 1. The first kappa shape index (κ1) is 10.9. The van der Waals surface area contributed by atoms with Crippen LogP contribution in [0.5, 0.6) is 0 Å². The van der Waals surface area contributed by atoms with Crippen LogP contribution in [-0.4, -0.2) is 28.0 Å². The number of hydrogen-bond donors (Lipinski definition) is 2. The fraction of sp³-hybridized carbons (Fsp3) is 0.667. The van der Waals surface area contributed by atoms with E-state index in [9.17, 15) is 9.59 Å². The molecule has 1 fully saturated rings. The molecule has 0 aliphatic carbocycles. The molecule has 0 bridgehead atoms. The zero-order valence-corrected chi connectivity index (χ0v) is 10.2. The first-order valence-electron chi connectivity index (χ1n) is 3.40. The Balaban J connectivity index is 3.05. The third-order valence-electron chi connectivity index (χ3n) is 1.87. The van der Waals surface area contributed by atoms with Crippen molar-refractivity contribution in [3.05, 3.63) is 0 Å². The van der Waals surface area contributed by atoms with Gasteiger partial charge in [-0.25, -0.2) is 4.79 Å². The van der Waals surface area contributed by atoms with Gasteiger partial charge in [0.2, 0.25) is 3.23 Å². The van der Waals surface area contributed by atoms with Crippen LogP contribution in [0.2, 0.25) is 0 Å². The molecule has 0 radical (unpaired) electrons. The summed E-state index contributed by atoms with van der Waals surface area (Å²) in [6, 6.07) is -0.580. The molecule has 13 heavy (non-hydrogen) atoms. The number of rotatable bonds is 1. The number of halogens is 2. The Kier molecular flexibility index (Phi) is 2.70. The number of methoxy groups -OCH3 is 1. The summed E-state index contributed by atoms with van der Waals surface area (Å²) < 4.78 is 3.89. The Morgan fingerprint density at radius 1 is 1.38 bits per heavy atom. The van der Waals surface area contributed by atoms with Crippen molar-refractivity contribution in [3.63, 3.8) is 0 Å². The minimum absolute atomic E-state index is 0.499. The standard InChI is InChI=1S/C6H8Br2N2O3/c1-5(13-2)6(7,8)3(11)9-4(12)10-5/h1-2H3,(H2,9,10,11,12). The molecule has 5 nitrogen and oxygen atoms in total. The molecule has 1 unspecified atom stereocenters. The average molecular weight is 316 g/mol. The summed E-state index contributed by atoms with van der Waals surface area (Å²) in [5, 5.41) is 4.57. The van der Waals surface area contributed by atoms with Crippen molar-refractivity contribution in [2.24, 2.45) is 0 Å². The summed E-state index contributed by atoms with van der Waals surface area (Å²) in [7, 11) is 1.40. The molecule has 0 saturated carbocycles. The molecule has 7 heteroatoms. The second kappa shape index (κ2) is 3.21. The summed E-state index contributed by atoms with van der Waals surface area (Å²) in [6.07, 6.45) is 0. The van der Waals surface area contributed by atoms with Crippen molar-refractivity contribution in [2.75, 3.05) is 7.11 Å². The van der Waals surface area contributed by atoms with E-state index in [1.807, 2.05) is 0 Å². The van der Waals surface area contributed by atoms with Crippen LogP contribution < -0.4 is 10.6 Å². The van der Waals surface area contributed by atoms with E-state index in [4.69, 9.17) is 4.74 Å². The van der Waals surface area contributed by atoms with E-state index in [0.717, 1.165) is 0 Å². The molecule has 0 aromatic heterocycles. The zero-order chi connectivity index (χ0) is 10.3. The Morgan fingerprint density at radius 2 is 1.92 bits per heavy atom. The molecule has 1 saturated heterocycles. The average Bonchev–Trinajstić information content (AvgIpc) is 2.01. The molecule has 2 N–H and O–H groups in total. The number of hydrogen-bond acceptors (Lipinski definition) is 3. The predicted molar refractivity (Wildman–Crippen MR) is 52.7 cm³/mol. The number of amides is 3. The van der Waals surface area contributed by atoms with Gasteiger partial charge in [0, 0.05) is 7.11 Å². The Labute approximate surface area is 91.8 Å². The highest BCUT2D eigenvalue weighted by Crippen LogP contribution is 2.40. The minimum Gasteiger partial charge on any atom is -0.356 e. The van der Waals surface area contributed by atoms with Crippen molar-refractivity contribution in [3.8, 4) is 0 Å². The molecule has 0 spiro atoms. The first-order valence-corrected chi connectivity index (χ1v) is 4.98. The van der Waals surface area contributed by atoms with Crippen LogP contribution in [0.25, 0.3) is 0 Å². The lowest BCUT2D eigenvalue weighted by molar-refractivity contribution is -0.129. The first-order chi connectivity index (χ1) is 5.83. The van der Waals surface area contributed by atoms with Gasteiger partial charge in [0.05, 0.1) is 0 Å². The highest BCUT2D eigenvalue weighted by Gasteiger charge is 2.56. The van der Waals surface area contributed by atoms with Crippen molar-refractivity contribution in [2.45, 2.75) is 15.9 Å². The number of carbonyl (C=O) groups is 2. The lowest BCUT2D eigenvalue weighted by atomic mass is 10.1. The summed E-state index contributed by atoms with van der Waals surface area (Å²) in [5.41, 5.74) is -1.12. The maximum atomic E-state index is 11.4. The van der Waals surface area contributed by atoms with Gasteiger partial charge in [-0.2, -0.15) is 0 Å². The van der Waals surface area contributed by atoms with Gasteiger partial charge in [0.1, 0.15) is 0 Å². The van der Waals surface area contributed by atoms with Crippen molar-refractivity contribution in [1.29, 1.82) is 0 Å². The Morgan fingerprint density at radius 3 is 2.38 bits per heavy atom. The Bertz CT molecular complexity index is 269. The smallest absolute Gasteiger partial charge is 0.323 e. The highest BCUT2D eigenvalue weighted by atomic mass is 79.9. The molecular weight excluding hydrogens is 308 g/mol. The van der Waals surface area contributed by atoms with Crippen molar-refractivity contribution < 1.29 is 14.3 Å². The number of imide groups is 1. The van der Waals surface area contributed by atoms with Crippen LogP contribution in [-0.2, 0) is 9.53 Å². The fourth-order valence-electron chi connectivity index (χ4n) is 0.904. The molecule has 0 aromatic carbocycles.